The largest absolute Gasteiger partial charge is 0.496 e. The molecule has 1 saturated carbocycles. The molecule has 1 aliphatic carbocycles. The molecule has 4 aromatic rings. The number of nitrogens with zero attached hydrogens (tertiary/aromatic N) is 3. The first-order valence-corrected chi connectivity index (χ1v) is 19.5. The Labute approximate surface area is 318 Å². The van der Waals surface area contributed by atoms with E-state index in [0.717, 1.165) is 47.3 Å². The van der Waals surface area contributed by atoms with Crippen molar-refractivity contribution >= 4 is 45.7 Å². The van der Waals surface area contributed by atoms with E-state index in [2.05, 4.69) is 24.5 Å². The molecule has 13 heteroatoms. The molecule has 2 amide bonds. The quantitative estimate of drug-likeness (QED) is 0.159. The number of anilines is 1. The van der Waals surface area contributed by atoms with Crippen LogP contribution in [0.25, 0.3) is 21.6 Å². The molecule has 3 aliphatic rings. The number of rotatable bonds is 8. The summed E-state index contributed by atoms with van der Waals surface area (Å²) in [7, 11) is 1.61. The van der Waals surface area contributed by atoms with Crippen LogP contribution in [0.3, 0.4) is 0 Å². The van der Waals surface area contributed by atoms with E-state index in [0.29, 0.717) is 34.8 Å². The topological polar surface area (TPSA) is 143 Å². The number of thiazole rings is 1. The van der Waals surface area contributed by atoms with Crippen LogP contribution in [0.5, 0.6) is 11.5 Å². The standard InChI is InChI=1S/C41H46FN5O6S/c1-23(2)32-22-54-38(45-32)31-19-35(29-16-17-34(52-4)24(3)36(29)44-31)53-28-18-33-37(48)46-41(40(50)51)20-25(41)10-8-6-5-7-9-11-30(39(49)47(33)21-28)43-27-14-12-26(42)13-15-27/h8,10,12-17,19,22-23,25,28,30,33,43H,5-7,9,11,18,20-21H2,1-4H3,(H,46,48)(H,50,51)/b10-8-/t25-,28-,30+,33+,41-/m1/s1. The number of ether oxygens (including phenoxy) is 2. The van der Waals surface area contributed by atoms with Crippen LogP contribution in [0.4, 0.5) is 10.1 Å². The minimum Gasteiger partial charge on any atom is -0.496 e. The van der Waals surface area contributed by atoms with Gasteiger partial charge in [-0.25, -0.2) is 19.2 Å². The Morgan fingerprint density at radius 2 is 1.91 bits per heavy atom. The summed E-state index contributed by atoms with van der Waals surface area (Å²) in [6.45, 7) is 6.20. The first-order chi connectivity index (χ1) is 26.0. The van der Waals surface area contributed by atoms with Gasteiger partial charge in [-0.1, -0.05) is 38.8 Å². The molecule has 0 bridgehead atoms. The molecule has 0 spiro atoms. The number of aromatic nitrogens is 2. The molecule has 0 radical (unpaired) electrons. The number of methoxy groups -OCH3 is 1. The van der Waals surface area contributed by atoms with Gasteiger partial charge in [0, 0.05) is 40.4 Å². The van der Waals surface area contributed by atoms with E-state index in [1.54, 1.807) is 19.2 Å². The van der Waals surface area contributed by atoms with Crippen LogP contribution >= 0.6 is 11.3 Å². The highest BCUT2D eigenvalue weighted by molar-refractivity contribution is 7.13. The van der Waals surface area contributed by atoms with E-state index in [4.69, 9.17) is 19.4 Å². The fraction of sp³-hybridized carbons (Fsp3) is 0.439. The maximum absolute atomic E-state index is 14.6. The Bertz CT molecular complexity index is 2090. The fourth-order valence-electron chi connectivity index (χ4n) is 7.55. The number of carboxylic acids is 1. The van der Waals surface area contributed by atoms with Crippen molar-refractivity contribution in [1.82, 2.24) is 20.2 Å². The smallest absolute Gasteiger partial charge is 0.330 e. The molecule has 7 rings (SSSR count). The van der Waals surface area contributed by atoms with Crippen molar-refractivity contribution in [2.45, 2.75) is 95.4 Å². The number of halogens is 1. The molecule has 2 aromatic heterocycles. The number of amides is 2. The summed E-state index contributed by atoms with van der Waals surface area (Å²) >= 11 is 1.50. The minimum absolute atomic E-state index is 0.0883. The molecule has 3 N–H and O–H groups in total. The summed E-state index contributed by atoms with van der Waals surface area (Å²) in [4.78, 5) is 52.8. The van der Waals surface area contributed by atoms with Gasteiger partial charge in [-0.05, 0) is 74.9 Å². The number of hydrogen-bond donors (Lipinski definition) is 3. The molecule has 2 aliphatic heterocycles. The van der Waals surface area contributed by atoms with E-state index >= 15 is 0 Å². The average molecular weight is 756 g/mol. The summed E-state index contributed by atoms with van der Waals surface area (Å²) in [5.74, 6) is -1.22. The van der Waals surface area contributed by atoms with Crippen molar-refractivity contribution in [3.8, 4) is 22.2 Å². The predicted octanol–water partition coefficient (Wildman–Crippen LogP) is 7.25. The Balaban J connectivity index is 1.25. The average Bonchev–Trinajstić information content (AvgIpc) is 3.44. The van der Waals surface area contributed by atoms with Gasteiger partial charge in [0.25, 0.3) is 0 Å². The highest BCUT2D eigenvalue weighted by Crippen LogP contribution is 2.46. The van der Waals surface area contributed by atoms with Crippen molar-refractivity contribution in [1.29, 1.82) is 0 Å². The van der Waals surface area contributed by atoms with Gasteiger partial charge in [0.05, 0.1) is 24.9 Å². The molecule has 2 fully saturated rings. The number of fused-ring (bicyclic) bond motifs is 3. The second-order valence-corrected chi connectivity index (χ2v) is 15.7. The predicted molar refractivity (Wildman–Crippen MR) is 205 cm³/mol. The van der Waals surface area contributed by atoms with Gasteiger partial charge < -0.3 is 30.1 Å². The lowest BCUT2D eigenvalue weighted by Crippen LogP contribution is -2.55. The second kappa shape index (κ2) is 15.4. The number of carbonyl (C=O) groups is 3. The molecule has 5 atom stereocenters. The monoisotopic (exact) mass is 755 g/mol. The Morgan fingerprint density at radius 1 is 1.11 bits per heavy atom. The summed E-state index contributed by atoms with van der Waals surface area (Å²) in [6.07, 6.45) is 7.44. The highest BCUT2D eigenvalue weighted by Gasteiger charge is 2.61. The number of aryl methyl sites for hydroxylation is 1. The summed E-state index contributed by atoms with van der Waals surface area (Å²) in [6, 6.07) is 9.74. The molecule has 11 nitrogen and oxygen atoms in total. The van der Waals surface area contributed by atoms with Crippen molar-refractivity contribution in [2.75, 3.05) is 19.0 Å². The molecule has 0 unspecified atom stereocenters. The third-order valence-electron chi connectivity index (χ3n) is 10.8. The van der Waals surface area contributed by atoms with Crippen molar-refractivity contribution in [2.24, 2.45) is 5.92 Å². The van der Waals surface area contributed by atoms with Crippen molar-refractivity contribution in [3.63, 3.8) is 0 Å². The van der Waals surface area contributed by atoms with Gasteiger partial charge in [-0.15, -0.1) is 11.3 Å². The van der Waals surface area contributed by atoms with Gasteiger partial charge in [-0.3, -0.25) is 9.59 Å². The van der Waals surface area contributed by atoms with Crippen molar-refractivity contribution in [3.05, 3.63) is 77.1 Å². The number of pyridine rings is 1. The molecular formula is C41H46FN5O6S. The van der Waals surface area contributed by atoms with Gasteiger partial charge in [0.15, 0.2) is 0 Å². The second-order valence-electron chi connectivity index (χ2n) is 14.9. The van der Waals surface area contributed by atoms with Crippen LogP contribution in [0.15, 0.2) is 60.0 Å². The maximum atomic E-state index is 14.6. The molecule has 2 aromatic carbocycles. The summed E-state index contributed by atoms with van der Waals surface area (Å²) < 4.78 is 26.2. The van der Waals surface area contributed by atoms with Crippen LogP contribution in [0, 0.1) is 18.7 Å². The molecule has 1 saturated heterocycles. The Hall–Kier alpha value is -5.04. The third kappa shape index (κ3) is 7.51. The molecule has 284 valence electrons. The van der Waals surface area contributed by atoms with Gasteiger partial charge in [-0.2, -0.15) is 0 Å². The number of hydrogen-bond acceptors (Lipinski definition) is 9. The van der Waals surface area contributed by atoms with Crippen LogP contribution in [0.1, 0.15) is 76.0 Å². The van der Waals surface area contributed by atoms with E-state index in [9.17, 15) is 23.9 Å². The third-order valence-corrected chi connectivity index (χ3v) is 11.7. The van der Waals surface area contributed by atoms with Gasteiger partial charge in [0.1, 0.15) is 51.7 Å². The summed E-state index contributed by atoms with van der Waals surface area (Å²) in [5.41, 5.74) is 2.26. The maximum Gasteiger partial charge on any atom is 0.330 e. The zero-order valence-corrected chi connectivity index (χ0v) is 31.7. The number of nitrogens with one attached hydrogen (secondary N) is 2. The van der Waals surface area contributed by atoms with Gasteiger partial charge in [0.2, 0.25) is 11.8 Å². The zero-order valence-electron chi connectivity index (χ0n) is 30.9. The van der Waals surface area contributed by atoms with E-state index < -0.39 is 35.6 Å². The molecular weight excluding hydrogens is 710 g/mol. The number of benzene rings is 2. The first kappa shape index (κ1) is 37.3. The van der Waals surface area contributed by atoms with E-state index in [-0.39, 0.29) is 42.9 Å². The molecule has 54 heavy (non-hydrogen) atoms. The number of carboxylic acid groups (broad SMARTS) is 1. The minimum atomic E-state index is -1.43. The normalized spacial score (nSPS) is 25.3. The van der Waals surface area contributed by atoms with Crippen LogP contribution < -0.4 is 20.1 Å². The van der Waals surface area contributed by atoms with Crippen molar-refractivity contribution < 1.29 is 33.4 Å². The highest BCUT2D eigenvalue weighted by atomic mass is 32.1. The zero-order chi connectivity index (χ0) is 38.1. The van der Waals surface area contributed by atoms with Gasteiger partial charge >= 0.3 is 5.97 Å². The van der Waals surface area contributed by atoms with E-state index in [1.165, 1.54) is 28.4 Å². The lowest BCUT2D eigenvalue weighted by Gasteiger charge is -2.30. The SMILES string of the molecule is COc1ccc2c(O[C@@H]3C[C@H]4C(=O)N[C@]5(C(=O)O)C[C@H]5/C=C\CCCCC[C@H](Nc5ccc(F)cc5)C(=O)N4C3)cc(-c3nc(C(C)C)cs3)nc2c1C. The number of aliphatic carboxylic acids is 1. The lowest BCUT2D eigenvalue weighted by molar-refractivity contribution is -0.145. The fourth-order valence-corrected chi connectivity index (χ4v) is 8.49. The Morgan fingerprint density at radius 3 is 2.63 bits per heavy atom. The first-order valence-electron chi connectivity index (χ1n) is 18.6. The lowest BCUT2D eigenvalue weighted by atomic mass is 10.0. The van der Waals surface area contributed by atoms with Crippen LogP contribution in [-0.2, 0) is 14.4 Å². The van der Waals surface area contributed by atoms with E-state index in [1.807, 2.05) is 42.7 Å². The number of carbonyl (C=O) groups excluding carboxylic acids is 2. The summed E-state index contributed by atoms with van der Waals surface area (Å²) in [5, 5.41) is 19.9. The molecule has 4 heterocycles. The van der Waals surface area contributed by atoms with Crippen LogP contribution in [0.2, 0.25) is 0 Å². The Kier molecular flexibility index (Phi) is 10.6. The van der Waals surface area contributed by atoms with Crippen LogP contribution in [-0.4, -0.2) is 75.1 Å². The number of allylic oxidation sites excluding steroid dienone is 1.